The van der Waals surface area contributed by atoms with Gasteiger partial charge in [-0.2, -0.15) is 0 Å². The number of piperidine rings is 1. The van der Waals surface area contributed by atoms with Crippen molar-refractivity contribution in [2.45, 2.75) is 46.6 Å². The number of ether oxygens (including phenoxy) is 1. The van der Waals surface area contributed by atoms with E-state index in [-0.39, 0.29) is 5.91 Å². The predicted octanol–water partition coefficient (Wildman–Crippen LogP) is 3.72. The number of amides is 1. The number of carbonyl (C=O) groups excluding carboxylic acids is 1. The van der Waals surface area contributed by atoms with Crippen molar-refractivity contribution in [3.05, 3.63) is 46.8 Å². The molecule has 1 aliphatic heterocycles. The summed E-state index contributed by atoms with van der Waals surface area (Å²) in [7, 11) is 0. The number of para-hydroxylation sites is 1. The summed E-state index contributed by atoms with van der Waals surface area (Å²) in [6.45, 7) is 10.3. The molecule has 1 saturated heterocycles. The Labute approximate surface area is 167 Å². The highest BCUT2D eigenvalue weighted by atomic mass is 16.5. The summed E-state index contributed by atoms with van der Waals surface area (Å²) in [5.41, 5.74) is 2.29. The van der Waals surface area contributed by atoms with E-state index in [4.69, 9.17) is 9.26 Å². The van der Waals surface area contributed by atoms with Crippen molar-refractivity contribution in [3.63, 3.8) is 0 Å². The minimum atomic E-state index is -0.0974. The van der Waals surface area contributed by atoms with Crippen LogP contribution in [0.1, 0.15) is 53.6 Å². The Morgan fingerprint density at radius 2 is 2.00 bits per heavy atom. The van der Waals surface area contributed by atoms with Crippen LogP contribution in [0.5, 0.6) is 5.75 Å². The maximum absolute atomic E-state index is 12.7. The molecule has 1 amide bonds. The third-order valence-corrected chi connectivity index (χ3v) is 5.31. The SMILES string of the molecule is Cc1noc(C)c1COc1ccccc1C(=O)NCC(C)CN1CCCCC1. The molecule has 0 aliphatic carbocycles. The fraction of sp³-hybridized carbons (Fsp3) is 0.545. The second kappa shape index (κ2) is 9.73. The van der Waals surface area contributed by atoms with Crippen molar-refractivity contribution in [3.8, 4) is 5.75 Å². The van der Waals surface area contributed by atoms with Gasteiger partial charge >= 0.3 is 0 Å². The van der Waals surface area contributed by atoms with Crippen LogP contribution in [0.4, 0.5) is 0 Å². The van der Waals surface area contributed by atoms with E-state index in [1.54, 1.807) is 6.07 Å². The molecule has 2 aromatic rings. The number of carbonyl (C=O) groups is 1. The molecule has 6 heteroatoms. The van der Waals surface area contributed by atoms with Gasteiger partial charge in [-0.3, -0.25) is 4.79 Å². The molecule has 2 heterocycles. The van der Waals surface area contributed by atoms with E-state index in [2.05, 4.69) is 22.3 Å². The highest BCUT2D eigenvalue weighted by Crippen LogP contribution is 2.21. The minimum Gasteiger partial charge on any atom is -0.488 e. The Balaban J connectivity index is 1.54. The van der Waals surface area contributed by atoms with Crippen molar-refractivity contribution in [1.82, 2.24) is 15.4 Å². The number of aromatic nitrogens is 1. The fourth-order valence-electron chi connectivity index (χ4n) is 3.65. The molecule has 0 spiro atoms. The number of benzene rings is 1. The van der Waals surface area contributed by atoms with Crippen LogP contribution in [-0.4, -0.2) is 42.1 Å². The third-order valence-electron chi connectivity index (χ3n) is 5.31. The van der Waals surface area contributed by atoms with Crippen molar-refractivity contribution in [2.75, 3.05) is 26.2 Å². The molecule has 3 rings (SSSR count). The molecule has 1 aliphatic rings. The van der Waals surface area contributed by atoms with Gasteiger partial charge in [-0.1, -0.05) is 30.6 Å². The number of rotatable bonds is 8. The van der Waals surface area contributed by atoms with E-state index < -0.39 is 0 Å². The van der Waals surface area contributed by atoms with Crippen LogP contribution in [0.2, 0.25) is 0 Å². The highest BCUT2D eigenvalue weighted by molar-refractivity contribution is 5.96. The monoisotopic (exact) mass is 385 g/mol. The normalized spacial score (nSPS) is 16.0. The molecule has 152 valence electrons. The quantitative estimate of drug-likeness (QED) is 0.750. The van der Waals surface area contributed by atoms with Crippen LogP contribution in [0, 0.1) is 19.8 Å². The van der Waals surface area contributed by atoms with Crippen molar-refractivity contribution in [2.24, 2.45) is 5.92 Å². The molecule has 1 atom stereocenters. The van der Waals surface area contributed by atoms with E-state index in [1.807, 2.05) is 32.0 Å². The fourth-order valence-corrected chi connectivity index (χ4v) is 3.65. The molecule has 28 heavy (non-hydrogen) atoms. The Morgan fingerprint density at radius 3 is 2.71 bits per heavy atom. The van der Waals surface area contributed by atoms with Gasteiger partial charge in [0.1, 0.15) is 18.1 Å². The first-order chi connectivity index (χ1) is 13.5. The van der Waals surface area contributed by atoms with E-state index in [0.717, 1.165) is 23.6 Å². The van der Waals surface area contributed by atoms with E-state index >= 15 is 0 Å². The first-order valence-electron chi connectivity index (χ1n) is 10.2. The highest BCUT2D eigenvalue weighted by Gasteiger charge is 2.17. The van der Waals surface area contributed by atoms with Gasteiger partial charge in [0.25, 0.3) is 5.91 Å². The van der Waals surface area contributed by atoms with Crippen LogP contribution < -0.4 is 10.1 Å². The summed E-state index contributed by atoms with van der Waals surface area (Å²) in [5.74, 6) is 1.63. The lowest BCUT2D eigenvalue weighted by Crippen LogP contribution is -2.38. The van der Waals surface area contributed by atoms with E-state index in [0.29, 0.717) is 30.4 Å². The molecule has 0 radical (unpaired) electrons. The van der Waals surface area contributed by atoms with Crippen LogP contribution in [0.3, 0.4) is 0 Å². The lowest BCUT2D eigenvalue weighted by Gasteiger charge is -2.29. The largest absolute Gasteiger partial charge is 0.488 e. The summed E-state index contributed by atoms with van der Waals surface area (Å²) in [6, 6.07) is 7.35. The summed E-state index contributed by atoms with van der Waals surface area (Å²) in [4.78, 5) is 15.2. The minimum absolute atomic E-state index is 0.0974. The Morgan fingerprint density at radius 1 is 1.25 bits per heavy atom. The van der Waals surface area contributed by atoms with Crippen LogP contribution in [0.25, 0.3) is 0 Å². The number of nitrogens with zero attached hydrogens (tertiary/aromatic N) is 2. The third kappa shape index (κ3) is 5.35. The average Bonchev–Trinajstić information content (AvgIpc) is 3.03. The number of hydrogen-bond donors (Lipinski definition) is 1. The van der Waals surface area contributed by atoms with Crippen LogP contribution >= 0.6 is 0 Å². The lowest BCUT2D eigenvalue weighted by atomic mass is 10.1. The van der Waals surface area contributed by atoms with Gasteiger partial charge in [-0.05, 0) is 57.8 Å². The maximum Gasteiger partial charge on any atom is 0.255 e. The van der Waals surface area contributed by atoms with Crippen molar-refractivity contribution >= 4 is 5.91 Å². The lowest BCUT2D eigenvalue weighted by molar-refractivity contribution is 0.0938. The van der Waals surface area contributed by atoms with Crippen molar-refractivity contribution < 1.29 is 14.1 Å². The number of nitrogens with one attached hydrogen (secondary N) is 1. The Hall–Kier alpha value is -2.34. The van der Waals surface area contributed by atoms with Gasteiger partial charge in [0.15, 0.2) is 0 Å². The molecule has 0 saturated carbocycles. The zero-order valence-electron chi connectivity index (χ0n) is 17.2. The predicted molar refractivity (Wildman–Crippen MR) is 109 cm³/mol. The summed E-state index contributed by atoms with van der Waals surface area (Å²) >= 11 is 0. The number of hydrogen-bond acceptors (Lipinski definition) is 5. The first-order valence-corrected chi connectivity index (χ1v) is 10.2. The maximum atomic E-state index is 12.7. The standard InChI is InChI=1S/C22H31N3O3/c1-16(14-25-11-7-4-8-12-25)13-23-22(26)19-9-5-6-10-21(19)27-15-20-17(2)24-28-18(20)3/h5-6,9-10,16H,4,7-8,11-15H2,1-3H3,(H,23,26). The molecule has 1 fully saturated rings. The Bertz CT molecular complexity index is 762. The number of likely N-dealkylation sites (tertiary alicyclic amines) is 1. The van der Waals surface area contributed by atoms with Gasteiger partial charge in [-0.15, -0.1) is 0 Å². The molecule has 1 N–H and O–H groups in total. The molecule has 1 aromatic carbocycles. The van der Waals surface area contributed by atoms with Crippen molar-refractivity contribution in [1.29, 1.82) is 0 Å². The van der Waals surface area contributed by atoms with Crippen LogP contribution in [0.15, 0.2) is 28.8 Å². The molecule has 0 bridgehead atoms. The summed E-state index contributed by atoms with van der Waals surface area (Å²) in [6.07, 6.45) is 3.91. The number of aryl methyl sites for hydroxylation is 2. The van der Waals surface area contributed by atoms with Gasteiger partial charge in [0, 0.05) is 13.1 Å². The smallest absolute Gasteiger partial charge is 0.255 e. The van der Waals surface area contributed by atoms with Crippen LogP contribution in [-0.2, 0) is 6.61 Å². The van der Waals surface area contributed by atoms with Gasteiger partial charge in [0.2, 0.25) is 0 Å². The van der Waals surface area contributed by atoms with Gasteiger partial charge in [-0.25, -0.2) is 0 Å². The molecule has 6 nitrogen and oxygen atoms in total. The molecule has 1 unspecified atom stereocenters. The van der Waals surface area contributed by atoms with Gasteiger partial charge < -0.3 is 19.5 Å². The molecular weight excluding hydrogens is 354 g/mol. The Kier molecular flexibility index (Phi) is 7.09. The molecular formula is C22H31N3O3. The van der Waals surface area contributed by atoms with E-state index in [9.17, 15) is 4.79 Å². The summed E-state index contributed by atoms with van der Waals surface area (Å²) in [5, 5.41) is 7.01. The van der Waals surface area contributed by atoms with E-state index in [1.165, 1.54) is 32.4 Å². The average molecular weight is 386 g/mol. The second-order valence-corrected chi connectivity index (χ2v) is 7.76. The zero-order chi connectivity index (χ0) is 19.9. The molecule has 1 aromatic heterocycles. The zero-order valence-corrected chi connectivity index (χ0v) is 17.2. The first kappa shape index (κ1) is 20.4. The van der Waals surface area contributed by atoms with Gasteiger partial charge in [0.05, 0.1) is 16.8 Å². The second-order valence-electron chi connectivity index (χ2n) is 7.76. The summed E-state index contributed by atoms with van der Waals surface area (Å²) < 4.78 is 11.1. The topological polar surface area (TPSA) is 67.6 Å².